The molecule has 0 unspecified atom stereocenters. The molecule has 0 radical (unpaired) electrons. The second-order valence-electron chi connectivity index (χ2n) is 6.37. The molecule has 2 aromatic rings. The summed E-state index contributed by atoms with van der Waals surface area (Å²) in [5.74, 6) is -0.341. The first-order valence-electron chi connectivity index (χ1n) is 8.47. The maximum Gasteiger partial charge on any atom is 0.239 e. The van der Waals surface area contributed by atoms with Crippen LogP contribution < -0.4 is 15.5 Å². The molecule has 132 valence electrons. The molecule has 0 fully saturated rings. The smallest absolute Gasteiger partial charge is 0.239 e. The fourth-order valence-corrected chi connectivity index (χ4v) is 2.56. The SMILES string of the molecule is C[NH+](C)Cc1ccccc1CNC(=O)CNC(=O)Cc1ccccc1. The van der Waals surface area contributed by atoms with E-state index in [-0.39, 0.29) is 24.8 Å². The molecule has 0 spiro atoms. The molecular weight excluding hydrogens is 314 g/mol. The van der Waals surface area contributed by atoms with Gasteiger partial charge < -0.3 is 15.5 Å². The quantitative estimate of drug-likeness (QED) is 0.648. The zero-order chi connectivity index (χ0) is 18.1. The topological polar surface area (TPSA) is 62.6 Å². The summed E-state index contributed by atoms with van der Waals surface area (Å²) in [6.45, 7) is 1.36. The highest BCUT2D eigenvalue weighted by Gasteiger charge is 2.09. The normalized spacial score (nSPS) is 10.5. The standard InChI is InChI=1S/C20H25N3O2/c1-23(2)15-18-11-7-6-10-17(18)13-21-20(25)14-22-19(24)12-16-8-4-3-5-9-16/h3-11H,12-15H2,1-2H3,(H,21,25)(H,22,24)/p+1. The molecule has 2 rings (SSSR count). The number of carbonyl (C=O) groups is 2. The Morgan fingerprint density at radius 3 is 2.16 bits per heavy atom. The Morgan fingerprint density at radius 2 is 1.48 bits per heavy atom. The average molecular weight is 340 g/mol. The Kier molecular flexibility index (Phi) is 7.16. The van der Waals surface area contributed by atoms with Crippen molar-refractivity contribution in [2.24, 2.45) is 0 Å². The third kappa shape index (κ3) is 6.77. The highest BCUT2D eigenvalue weighted by atomic mass is 16.2. The zero-order valence-electron chi connectivity index (χ0n) is 14.8. The van der Waals surface area contributed by atoms with Crippen LogP contribution in [-0.4, -0.2) is 32.5 Å². The van der Waals surface area contributed by atoms with E-state index in [1.165, 1.54) is 10.5 Å². The lowest BCUT2D eigenvalue weighted by Crippen LogP contribution is -3.04. The number of carbonyl (C=O) groups excluding carboxylic acids is 2. The Balaban J connectivity index is 1.76. The van der Waals surface area contributed by atoms with E-state index in [1.54, 1.807) is 0 Å². The summed E-state index contributed by atoms with van der Waals surface area (Å²) < 4.78 is 0. The van der Waals surface area contributed by atoms with Gasteiger partial charge in [-0.25, -0.2) is 0 Å². The van der Waals surface area contributed by atoms with Crippen molar-refractivity contribution in [3.05, 3.63) is 71.3 Å². The number of hydrogen-bond donors (Lipinski definition) is 3. The van der Waals surface area contributed by atoms with Gasteiger partial charge in [0.05, 0.1) is 27.1 Å². The van der Waals surface area contributed by atoms with E-state index >= 15 is 0 Å². The van der Waals surface area contributed by atoms with E-state index in [4.69, 9.17) is 0 Å². The summed E-state index contributed by atoms with van der Waals surface area (Å²) >= 11 is 0. The van der Waals surface area contributed by atoms with Crippen LogP contribution in [0.3, 0.4) is 0 Å². The lowest BCUT2D eigenvalue weighted by molar-refractivity contribution is -0.872. The second kappa shape index (κ2) is 9.59. The minimum atomic E-state index is -0.187. The van der Waals surface area contributed by atoms with Crippen molar-refractivity contribution in [3.63, 3.8) is 0 Å². The average Bonchev–Trinajstić information content (AvgIpc) is 2.59. The van der Waals surface area contributed by atoms with Crippen molar-refractivity contribution < 1.29 is 14.5 Å². The number of hydrogen-bond acceptors (Lipinski definition) is 2. The van der Waals surface area contributed by atoms with Gasteiger partial charge in [-0.05, 0) is 11.1 Å². The summed E-state index contributed by atoms with van der Waals surface area (Å²) in [6.07, 6.45) is 0.280. The van der Waals surface area contributed by atoms with Crippen LogP contribution in [-0.2, 0) is 29.1 Å². The van der Waals surface area contributed by atoms with Crippen molar-refractivity contribution in [2.75, 3.05) is 20.6 Å². The molecule has 0 saturated carbocycles. The van der Waals surface area contributed by atoms with E-state index in [0.29, 0.717) is 6.54 Å². The first-order chi connectivity index (χ1) is 12.0. The van der Waals surface area contributed by atoms with Crippen LogP contribution in [0.25, 0.3) is 0 Å². The number of benzene rings is 2. The van der Waals surface area contributed by atoms with Crippen molar-refractivity contribution in [3.8, 4) is 0 Å². The molecule has 0 aromatic heterocycles. The largest absolute Gasteiger partial charge is 0.350 e. The van der Waals surface area contributed by atoms with Gasteiger partial charge in [-0.15, -0.1) is 0 Å². The highest BCUT2D eigenvalue weighted by Crippen LogP contribution is 2.07. The molecule has 5 heteroatoms. The molecule has 0 aliphatic rings. The van der Waals surface area contributed by atoms with Gasteiger partial charge in [-0.3, -0.25) is 9.59 Å². The Labute approximate surface area is 149 Å². The number of amides is 2. The van der Waals surface area contributed by atoms with Crippen LogP contribution in [0.5, 0.6) is 0 Å². The molecule has 25 heavy (non-hydrogen) atoms. The summed E-state index contributed by atoms with van der Waals surface area (Å²) in [7, 11) is 4.19. The minimum absolute atomic E-state index is 0.00718. The van der Waals surface area contributed by atoms with Crippen LogP contribution in [0.4, 0.5) is 0 Å². The molecule has 0 atom stereocenters. The molecule has 2 amide bonds. The van der Waals surface area contributed by atoms with Gasteiger partial charge >= 0.3 is 0 Å². The van der Waals surface area contributed by atoms with Gasteiger partial charge in [0.15, 0.2) is 0 Å². The minimum Gasteiger partial charge on any atom is -0.350 e. The summed E-state index contributed by atoms with van der Waals surface area (Å²) in [6, 6.07) is 17.6. The predicted octanol–water partition coefficient (Wildman–Crippen LogP) is 0.306. The van der Waals surface area contributed by atoms with Crippen molar-refractivity contribution in [1.29, 1.82) is 0 Å². The van der Waals surface area contributed by atoms with Gasteiger partial charge in [0.1, 0.15) is 6.54 Å². The lowest BCUT2D eigenvalue weighted by atomic mass is 10.1. The van der Waals surface area contributed by atoms with Crippen LogP contribution >= 0.6 is 0 Å². The van der Waals surface area contributed by atoms with Gasteiger partial charge in [0.25, 0.3) is 0 Å². The lowest BCUT2D eigenvalue weighted by Gasteiger charge is -2.13. The zero-order valence-corrected chi connectivity index (χ0v) is 14.8. The molecule has 0 saturated heterocycles. The molecule has 0 aliphatic heterocycles. The maximum absolute atomic E-state index is 12.0. The Bertz CT molecular complexity index is 699. The first-order valence-corrected chi connectivity index (χ1v) is 8.47. The van der Waals surface area contributed by atoms with Crippen molar-refractivity contribution in [2.45, 2.75) is 19.5 Å². The third-order valence-electron chi connectivity index (χ3n) is 3.79. The molecule has 0 aliphatic carbocycles. The van der Waals surface area contributed by atoms with Crippen LogP contribution in [0, 0.1) is 0 Å². The number of nitrogens with one attached hydrogen (secondary N) is 3. The third-order valence-corrected chi connectivity index (χ3v) is 3.79. The van der Waals surface area contributed by atoms with Gasteiger partial charge in [0.2, 0.25) is 11.8 Å². The van der Waals surface area contributed by atoms with Crippen molar-refractivity contribution in [1.82, 2.24) is 10.6 Å². The molecule has 0 bridgehead atoms. The second-order valence-corrected chi connectivity index (χ2v) is 6.37. The fourth-order valence-electron chi connectivity index (χ4n) is 2.56. The molecule has 0 heterocycles. The van der Waals surface area contributed by atoms with Crippen molar-refractivity contribution >= 4 is 11.8 Å². The summed E-state index contributed by atoms with van der Waals surface area (Å²) in [4.78, 5) is 25.2. The maximum atomic E-state index is 12.0. The molecule has 5 nitrogen and oxygen atoms in total. The predicted molar refractivity (Wildman–Crippen MR) is 98.0 cm³/mol. The van der Waals surface area contributed by atoms with Crippen LogP contribution in [0.1, 0.15) is 16.7 Å². The van der Waals surface area contributed by atoms with E-state index in [0.717, 1.165) is 17.7 Å². The van der Waals surface area contributed by atoms with E-state index in [2.05, 4.69) is 30.8 Å². The summed E-state index contributed by atoms with van der Waals surface area (Å²) in [5.41, 5.74) is 3.25. The highest BCUT2D eigenvalue weighted by molar-refractivity contribution is 5.85. The fraction of sp³-hybridized carbons (Fsp3) is 0.300. The van der Waals surface area contributed by atoms with E-state index in [9.17, 15) is 9.59 Å². The number of quaternary nitrogens is 1. The molecule has 2 aromatic carbocycles. The number of rotatable bonds is 8. The van der Waals surface area contributed by atoms with Gasteiger partial charge in [0, 0.05) is 12.1 Å². The summed E-state index contributed by atoms with van der Waals surface area (Å²) in [5, 5.41) is 5.53. The van der Waals surface area contributed by atoms with Gasteiger partial charge in [-0.2, -0.15) is 0 Å². The van der Waals surface area contributed by atoms with Crippen LogP contribution in [0.2, 0.25) is 0 Å². The van der Waals surface area contributed by atoms with E-state index < -0.39 is 0 Å². The van der Waals surface area contributed by atoms with Crippen LogP contribution in [0.15, 0.2) is 54.6 Å². The monoisotopic (exact) mass is 340 g/mol. The van der Waals surface area contributed by atoms with Gasteiger partial charge in [-0.1, -0.05) is 54.6 Å². The Hall–Kier alpha value is -2.66. The molecule has 3 N–H and O–H groups in total. The Morgan fingerprint density at radius 1 is 0.840 bits per heavy atom. The molecular formula is C20H26N3O2+. The first kappa shape index (κ1) is 18.7. The van der Waals surface area contributed by atoms with E-state index in [1.807, 2.05) is 48.5 Å².